The highest BCUT2D eigenvalue weighted by Crippen LogP contribution is 2.00. The molecule has 0 aliphatic rings. The van der Waals surface area contributed by atoms with Gasteiger partial charge in [-0.25, -0.2) is 5.90 Å². The summed E-state index contributed by atoms with van der Waals surface area (Å²) in [5.41, 5.74) is 0. The third-order valence-corrected chi connectivity index (χ3v) is 1.39. The highest BCUT2D eigenvalue weighted by atomic mass is 16.6. The number of rotatable bonds is 4. The van der Waals surface area contributed by atoms with Gasteiger partial charge in [-0.2, -0.15) is 0 Å². The van der Waals surface area contributed by atoms with Gasteiger partial charge in [-0.05, 0) is 6.42 Å². The molecule has 0 aromatic rings. The summed E-state index contributed by atoms with van der Waals surface area (Å²) >= 11 is 0. The molecule has 1 atom stereocenters. The van der Waals surface area contributed by atoms with Gasteiger partial charge in [-0.3, -0.25) is 9.63 Å². The van der Waals surface area contributed by atoms with Gasteiger partial charge >= 0.3 is 0 Å². The third-order valence-electron chi connectivity index (χ3n) is 1.39. The van der Waals surface area contributed by atoms with Crippen molar-refractivity contribution in [2.24, 2.45) is 11.8 Å². The van der Waals surface area contributed by atoms with Crippen LogP contribution in [-0.4, -0.2) is 12.4 Å². The summed E-state index contributed by atoms with van der Waals surface area (Å²) in [7, 11) is 0. The molecule has 0 bridgehead atoms. The van der Waals surface area contributed by atoms with Crippen LogP contribution in [0.4, 0.5) is 0 Å². The minimum absolute atomic E-state index is 0.0367. The van der Waals surface area contributed by atoms with Crippen molar-refractivity contribution in [3.05, 3.63) is 0 Å². The van der Waals surface area contributed by atoms with Gasteiger partial charge in [-0.1, -0.05) is 13.8 Å². The van der Waals surface area contributed by atoms with Gasteiger partial charge in [0.2, 0.25) is 0 Å². The summed E-state index contributed by atoms with van der Waals surface area (Å²) in [4.78, 5) is 14.9. The van der Waals surface area contributed by atoms with E-state index in [9.17, 15) is 4.79 Å². The van der Waals surface area contributed by atoms with Crippen molar-refractivity contribution in [3.8, 4) is 0 Å². The molecule has 1 unspecified atom stereocenters. The number of Topliss-reactive ketones (excluding diaryl/α,β-unsaturated/α-hetero) is 1. The number of hydrogen-bond acceptors (Lipinski definition) is 3. The first kappa shape index (κ1) is 8.59. The van der Waals surface area contributed by atoms with E-state index in [1.807, 2.05) is 13.8 Å². The first-order valence-electron chi connectivity index (χ1n) is 3.06. The summed E-state index contributed by atoms with van der Waals surface area (Å²) in [6, 6.07) is 0. The van der Waals surface area contributed by atoms with Crippen LogP contribution in [0.1, 0.15) is 20.3 Å². The lowest BCUT2D eigenvalue weighted by Crippen LogP contribution is -2.18. The zero-order valence-corrected chi connectivity index (χ0v) is 5.89. The summed E-state index contributed by atoms with van der Waals surface area (Å²) in [6.45, 7) is 3.86. The van der Waals surface area contributed by atoms with Crippen LogP contribution >= 0.6 is 0 Å². The number of carbonyl (C=O) groups excluding carboxylic acids is 1. The topological polar surface area (TPSA) is 52.3 Å². The van der Waals surface area contributed by atoms with Gasteiger partial charge in [0.1, 0.15) is 6.61 Å². The summed E-state index contributed by atoms with van der Waals surface area (Å²) in [5, 5.41) is 0. The van der Waals surface area contributed by atoms with E-state index in [0.29, 0.717) is 0 Å². The Morgan fingerprint density at radius 3 is 2.67 bits per heavy atom. The van der Waals surface area contributed by atoms with Crippen molar-refractivity contribution >= 4 is 5.78 Å². The first-order chi connectivity index (χ1) is 4.22. The molecule has 0 spiro atoms. The summed E-state index contributed by atoms with van der Waals surface area (Å²) in [6.07, 6.45) is 0.849. The van der Waals surface area contributed by atoms with E-state index in [4.69, 9.17) is 5.90 Å². The minimum Gasteiger partial charge on any atom is -0.297 e. The fraction of sp³-hybridized carbons (Fsp3) is 0.833. The van der Waals surface area contributed by atoms with Crippen molar-refractivity contribution in [1.82, 2.24) is 0 Å². The van der Waals surface area contributed by atoms with Crippen molar-refractivity contribution in [1.29, 1.82) is 0 Å². The van der Waals surface area contributed by atoms with Gasteiger partial charge in [0, 0.05) is 5.92 Å². The lowest BCUT2D eigenvalue weighted by atomic mass is 10.1. The van der Waals surface area contributed by atoms with E-state index >= 15 is 0 Å². The minimum atomic E-state index is 0.0367. The maximum Gasteiger partial charge on any atom is 0.163 e. The maximum absolute atomic E-state index is 10.8. The van der Waals surface area contributed by atoms with Gasteiger partial charge in [0.05, 0.1) is 0 Å². The molecule has 54 valence electrons. The lowest BCUT2D eigenvalue weighted by molar-refractivity contribution is -0.127. The molecule has 2 N–H and O–H groups in total. The van der Waals surface area contributed by atoms with E-state index < -0.39 is 0 Å². The van der Waals surface area contributed by atoms with Crippen LogP contribution in [-0.2, 0) is 9.63 Å². The van der Waals surface area contributed by atoms with E-state index in [1.165, 1.54) is 0 Å². The molecule has 0 heterocycles. The molecule has 0 saturated carbocycles. The second kappa shape index (κ2) is 4.47. The Labute approximate surface area is 55.1 Å². The largest absolute Gasteiger partial charge is 0.297 e. The molecular weight excluding hydrogens is 118 g/mol. The molecule has 0 fully saturated rings. The molecule has 0 saturated heterocycles. The van der Waals surface area contributed by atoms with E-state index in [1.54, 1.807) is 0 Å². The number of hydrogen-bond donors (Lipinski definition) is 1. The summed E-state index contributed by atoms with van der Waals surface area (Å²) < 4.78 is 0. The van der Waals surface area contributed by atoms with Crippen LogP contribution in [0.25, 0.3) is 0 Å². The molecule has 0 aliphatic heterocycles. The Balaban J connectivity index is 3.46. The molecule has 0 radical (unpaired) electrons. The molecule has 0 aliphatic carbocycles. The number of ketones is 1. The predicted molar refractivity (Wildman–Crippen MR) is 34.6 cm³/mol. The Morgan fingerprint density at radius 1 is 1.78 bits per heavy atom. The predicted octanol–water partition coefficient (Wildman–Crippen LogP) is 0.492. The quantitative estimate of drug-likeness (QED) is 0.565. The Kier molecular flexibility index (Phi) is 4.26. The van der Waals surface area contributed by atoms with E-state index in [-0.39, 0.29) is 18.3 Å². The molecule has 3 nitrogen and oxygen atoms in total. The SMILES string of the molecule is CCC(C)C(=O)CON. The van der Waals surface area contributed by atoms with Crippen molar-refractivity contribution < 1.29 is 9.63 Å². The van der Waals surface area contributed by atoms with Crippen molar-refractivity contribution in [2.75, 3.05) is 6.61 Å². The fourth-order valence-electron chi connectivity index (χ4n) is 0.452. The van der Waals surface area contributed by atoms with Gasteiger partial charge in [-0.15, -0.1) is 0 Å². The Morgan fingerprint density at radius 2 is 2.33 bits per heavy atom. The smallest absolute Gasteiger partial charge is 0.163 e. The highest BCUT2D eigenvalue weighted by Gasteiger charge is 2.08. The molecule has 0 aromatic heterocycles. The molecular formula is C6H13NO2. The maximum atomic E-state index is 10.8. The van der Waals surface area contributed by atoms with Crippen LogP contribution < -0.4 is 5.90 Å². The standard InChI is InChI=1S/C6H13NO2/c1-3-5(2)6(8)4-9-7/h5H,3-4,7H2,1-2H3. The van der Waals surface area contributed by atoms with Crippen molar-refractivity contribution in [3.63, 3.8) is 0 Å². The monoisotopic (exact) mass is 131 g/mol. The Bertz CT molecular complexity index is 93.1. The highest BCUT2D eigenvalue weighted by molar-refractivity contribution is 5.81. The first-order valence-corrected chi connectivity index (χ1v) is 3.06. The third kappa shape index (κ3) is 3.21. The van der Waals surface area contributed by atoms with E-state index in [2.05, 4.69) is 4.84 Å². The summed E-state index contributed by atoms with van der Waals surface area (Å²) in [5.74, 6) is 4.85. The average molecular weight is 131 g/mol. The van der Waals surface area contributed by atoms with Crippen LogP contribution in [0.2, 0.25) is 0 Å². The van der Waals surface area contributed by atoms with Crippen molar-refractivity contribution in [2.45, 2.75) is 20.3 Å². The van der Waals surface area contributed by atoms with Crippen LogP contribution in [0.3, 0.4) is 0 Å². The zero-order valence-electron chi connectivity index (χ0n) is 5.89. The zero-order chi connectivity index (χ0) is 7.28. The molecule has 0 aromatic carbocycles. The molecule has 9 heavy (non-hydrogen) atoms. The number of carbonyl (C=O) groups is 1. The molecule has 3 heteroatoms. The second-order valence-corrected chi connectivity index (χ2v) is 2.09. The Hall–Kier alpha value is -0.410. The normalized spacial score (nSPS) is 13.2. The number of nitrogens with two attached hydrogens (primary N) is 1. The lowest BCUT2D eigenvalue weighted by Gasteiger charge is -2.03. The fourth-order valence-corrected chi connectivity index (χ4v) is 0.452. The molecule has 0 amide bonds. The molecule has 0 rings (SSSR count). The van der Waals surface area contributed by atoms with Crippen LogP contribution in [0, 0.1) is 5.92 Å². The second-order valence-electron chi connectivity index (χ2n) is 2.09. The van der Waals surface area contributed by atoms with Gasteiger partial charge in [0.25, 0.3) is 0 Å². The van der Waals surface area contributed by atoms with Crippen LogP contribution in [0.5, 0.6) is 0 Å². The van der Waals surface area contributed by atoms with Crippen LogP contribution in [0.15, 0.2) is 0 Å². The van der Waals surface area contributed by atoms with Gasteiger partial charge in [0.15, 0.2) is 5.78 Å². The average Bonchev–Trinajstić information content (AvgIpc) is 1.87. The van der Waals surface area contributed by atoms with Gasteiger partial charge < -0.3 is 0 Å². The van der Waals surface area contributed by atoms with E-state index in [0.717, 1.165) is 6.42 Å².